The van der Waals surface area contributed by atoms with Gasteiger partial charge in [0.1, 0.15) is 0 Å². The molecule has 33 heavy (non-hydrogen) atoms. The Morgan fingerprint density at radius 1 is 1.00 bits per heavy atom. The fourth-order valence-corrected chi connectivity index (χ4v) is 4.65. The summed E-state index contributed by atoms with van der Waals surface area (Å²) in [7, 11) is -0.831. The van der Waals surface area contributed by atoms with Crippen LogP contribution in [0.1, 0.15) is 12.0 Å². The predicted molar refractivity (Wildman–Crippen MR) is 128 cm³/mol. The molecule has 0 saturated carbocycles. The Kier molecular flexibility index (Phi) is 8.87. The van der Waals surface area contributed by atoms with Gasteiger partial charge in [-0.1, -0.05) is 42.5 Å². The summed E-state index contributed by atoms with van der Waals surface area (Å²) in [5, 5.41) is 0. The average molecular weight is 474 g/mol. The van der Waals surface area contributed by atoms with Crippen LogP contribution in [0.3, 0.4) is 0 Å². The van der Waals surface area contributed by atoms with Crippen LogP contribution in [0.4, 0.5) is 0 Å². The van der Waals surface area contributed by atoms with E-state index in [2.05, 4.69) is 33.9 Å². The molecule has 1 saturated heterocycles. The third kappa shape index (κ3) is 7.05. The van der Waals surface area contributed by atoms with Crippen LogP contribution in [0.25, 0.3) is 6.08 Å². The number of nitrogens with zero attached hydrogens (tertiary/aromatic N) is 2. The van der Waals surface area contributed by atoms with Gasteiger partial charge < -0.3 is 14.4 Å². The molecule has 0 spiro atoms. The number of rotatable bonds is 10. The average Bonchev–Trinajstić information content (AvgIpc) is 2.84. The highest BCUT2D eigenvalue weighted by Gasteiger charge is 2.22. The van der Waals surface area contributed by atoms with E-state index in [0.717, 1.165) is 19.6 Å². The second kappa shape index (κ2) is 11.8. The van der Waals surface area contributed by atoms with Gasteiger partial charge in [-0.2, -0.15) is 0 Å². The van der Waals surface area contributed by atoms with Gasteiger partial charge in [-0.3, -0.25) is 9.69 Å². The zero-order valence-electron chi connectivity index (χ0n) is 19.1. The fourth-order valence-electron chi connectivity index (χ4n) is 3.60. The molecule has 1 N–H and O–H groups in total. The topological polar surface area (TPSA) is 88.2 Å². The third-order valence-electron chi connectivity index (χ3n) is 5.49. The molecular formula is C24H31N3O5S. The van der Waals surface area contributed by atoms with E-state index in [1.54, 1.807) is 4.90 Å². The molecule has 1 heterocycles. The third-order valence-corrected chi connectivity index (χ3v) is 6.95. The largest absolute Gasteiger partial charge is 0.493 e. The highest BCUT2D eigenvalue weighted by Crippen LogP contribution is 2.29. The van der Waals surface area contributed by atoms with E-state index in [1.807, 2.05) is 18.2 Å². The minimum atomic E-state index is -3.76. The summed E-state index contributed by atoms with van der Waals surface area (Å²) in [4.78, 5) is 16.7. The molecule has 1 aliphatic rings. The zero-order valence-corrected chi connectivity index (χ0v) is 19.9. The van der Waals surface area contributed by atoms with Gasteiger partial charge in [-0.15, -0.1) is 0 Å². The SMILES string of the molecule is COc1ccc(S(=O)(=O)NCCC(=O)N2CCN(C/C=C/c3ccccc3)CC2)cc1OC. The van der Waals surface area contributed by atoms with Gasteiger partial charge in [-0.05, 0) is 17.7 Å². The van der Waals surface area contributed by atoms with Gasteiger partial charge >= 0.3 is 0 Å². The van der Waals surface area contributed by atoms with Gasteiger partial charge in [0.15, 0.2) is 11.5 Å². The molecule has 0 bridgehead atoms. The molecule has 8 nitrogen and oxygen atoms in total. The van der Waals surface area contributed by atoms with E-state index < -0.39 is 10.0 Å². The van der Waals surface area contributed by atoms with Crippen LogP contribution in [0.5, 0.6) is 11.5 Å². The molecule has 2 aromatic carbocycles. The Hall–Kier alpha value is -2.88. The maximum absolute atomic E-state index is 12.6. The molecule has 1 amide bonds. The Morgan fingerprint density at radius 3 is 2.36 bits per heavy atom. The van der Waals surface area contributed by atoms with Crippen molar-refractivity contribution in [1.82, 2.24) is 14.5 Å². The first-order chi connectivity index (χ1) is 15.9. The lowest BCUT2D eigenvalue weighted by molar-refractivity contribution is -0.132. The van der Waals surface area contributed by atoms with Gasteiger partial charge in [0, 0.05) is 51.8 Å². The Bertz CT molecular complexity index is 1050. The first-order valence-corrected chi connectivity index (χ1v) is 12.3. The first-order valence-electron chi connectivity index (χ1n) is 10.9. The standard InChI is InChI=1S/C24H31N3O5S/c1-31-22-11-10-21(19-23(22)32-2)33(29,30)25-13-12-24(28)27-17-15-26(16-18-27)14-6-9-20-7-4-3-5-8-20/h3-11,19,25H,12-18H2,1-2H3/b9-6+. The number of nitrogens with one attached hydrogen (secondary N) is 1. The summed E-state index contributed by atoms with van der Waals surface area (Å²) < 4.78 is 37.9. The molecule has 1 fully saturated rings. The molecule has 0 atom stereocenters. The van der Waals surface area contributed by atoms with Crippen LogP contribution in [0, 0.1) is 0 Å². The fraction of sp³-hybridized carbons (Fsp3) is 0.375. The monoisotopic (exact) mass is 473 g/mol. The Labute approximate surface area is 195 Å². The van der Waals surface area contributed by atoms with Crippen LogP contribution >= 0.6 is 0 Å². The molecule has 0 aromatic heterocycles. The quantitative estimate of drug-likeness (QED) is 0.569. The second-order valence-electron chi connectivity index (χ2n) is 7.66. The van der Waals surface area contributed by atoms with Crippen LogP contribution in [-0.4, -0.2) is 77.6 Å². The van der Waals surface area contributed by atoms with E-state index >= 15 is 0 Å². The highest BCUT2D eigenvalue weighted by molar-refractivity contribution is 7.89. The molecule has 0 unspecified atom stereocenters. The van der Waals surface area contributed by atoms with Crippen molar-refractivity contribution >= 4 is 22.0 Å². The van der Waals surface area contributed by atoms with Gasteiger partial charge in [0.25, 0.3) is 0 Å². The summed E-state index contributed by atoms with van der Waals surface area (Å²) in [6.45, 7) is 3.74. The van der Waals surface area contributed by atoms with Crippen molar-refractivity contribution in [3.05, 3.63) is 60.2 Å². The normalized spacial score (nSPS) is 15.0. The Morgan fingerprint density at radius 2 is 1.70 bits per heavy atom. The summed E-state index contributed by atoms with van der Waals surface area (Å²) in [5.41, 5.74) is 1.17. The molecule has 2 aromatic rings. The molecule has 9 heteroatoms. The van der Waals surface area contributed by atoms with Gasteiger partial charge in [0.2, 0.25) is 15.9 Å². The summed E-state index contributed by atoms with van der Waals surface area (Å²) in [6.07, 6.45) is 4.35. The van der Waals surface area contributed by atoms with Gasteiger partial charge in [0.05, 0.1) is 19.1 Å². The number of piperazine rings is 1. The Balaban J connectivity index is 1.42. The van der Waals surface area contributed by atoms with Crippen LogP contribution < -0.4 is 14.2 Å². The molecule has 0 aliphatic carbocycles. The second-order valence-corrected chi connectivity index (χ2v) is 9.43. The number of ether oxygens (including phenoxy) is 2. The number of carbonyl (C=O) groups excluding carboxylic acids is 1. The number of sulfonamides is 1. The van der Waals surface area contributed by atoms with Crippen LogP contribution in [0.15, 0.2) is 59.5 Å². The van der Waals surface area contributed by atoms with E-state index in [1.165, 1.54) is 38.0 Å². The summed E-state index contributed by atoms with van der Waals surface area (Å²) in [6, 6.07) is 14.5. The van der Waals surface area contributed by atoms with Crippen LogP contribution in [-0.2, 0) is 14.8 Å². The molecule has 0 radical (unpaired) electrons. The maximum Gasteiger partial charge on any atom is 0.240 e. The minimum absolute atomic E-state index is 0.0372. The van der Waals surface area contributed by atoms with E-state index in [4.69, 9.17) is 9.47 Å². The number of methoxy groups -OCH3 is 2. The molecule has 178 valence electrons. The zero-order chi connectivity index (χ0) is 23.7. The smallest absolute Gasteiger partial charge is 0.240 e. The van der Waals surface area contributed by atoms with E-state index in [-0.39, 0.29) is 23.8 Å². The van der Waals surface area contributed by atoms with Crippen molar-refractivity contribution in [1.29, 1.82) is 0 Å². The lowest BCUT2D eigenvalue weighted by Crippen LogP contribution is -2.49. The predicted octanol–water partition coefficient (Wildman–Crippen LogP) is 2.23. The first kappa shape index (κ1) is 24.8. The van der Waals surface area contributed by atoms with Crippen molar-refractivity contribution in [2.75, 3.05) is 53.5 Å². The number of carbonyl (C=O) groups is 1. The van der Waals surface area contributed by atoms with E-state index in [9.17, 15) is 13.2 Å². The number of benzene rings is 2. The molecule has 1 aliphatic heterocycles. The lowest BCUT2D eigenvalue weighted by atomic mass is 10.2. The van der Waals surface area contributed by atoms with Crippen molar-refractivity contribution in [2.45, 2.75) is 11.3 Å². The maximum atomic E-state index is 12.6. The van der Waals surface area contributed by atoms with Crippen molar-refractivity contribution in [3.63, 3.8) is 0 Å². The van der Waals surface area contributed by atoms with Crippen molar-refractivity contribution in [3.8, 4) is 11.5 Å². The lowest BCUT2D eigenvalue weighted by Gasteiger charge is -2.34. The molecular weight excluding hydrogens is 442 g/mol. The number of amides is 1. The number of hydrogen-bond donors (Lipinski definition) is 1. The van der Waals surface area contributed by atoms with Gasteiger partial charge in [-0.25, -0.2) is 13.1 Å². The molecule has 3 rings (SSSR count). The van der Waals surface area contributed by atoms with E-state index in [0.29, 0.717) is 24.6 Å². The van der Waals surface area contributed by atoms with Crippen LogP contribution in [0.2, 0.25) is 0 Å². The number of hydrogen-bond acceptors (Lipinski definition) is 6. The van der Waals surface area contributed by atoms with Crippen molar-refractivity contribution in [2.24, 2.45) is 0 Å². The minimum Gasteiger partial charge on any atom is -0.493 e. The summed E-state index contributed by atoms with van der Waals surface area (Å²) in [5.74, 6) is 0.721. The van der Waals surface area contributed by atoms with Crippen molar-refractivity contribution < 1.29 is 22.7 Å². The summed E-state index contributed by atoms with van der Waals surface area (Å²) >= 11 is 0. The highest BCUT2D eigenvalue weighted by atomic mass is 32.2.